The lowest BCUT2D eigenvalue weighted by molar-refractivity contribution is 0.687. The van der Waals surface area contributed by atoms with Crippen LogP contribution in [0.3, 0.4) is 0 Å². The molecule has 0 saturated carbocycles. The average Bonchev–Trinajstić information content (AvgIpc) is 2.97. The van der Waals surface area contributed by atoms with Gasteiger partial charge >= 0.3 is 0 Å². The molecule has 0 bridgehead atoms. The first kappa shape index (κ1) is 16.1. The first-order valence-corrected chi connectivity index (χ1v) is 8.92. The highest BCUT2D eigenvalue weighted by Crippen LogP contribution is 2.29. The van der Waals surface area contributed by atoms with Crippen molar-refractivity contribution in [3.8, 4) is 11.4 Å². The third kappa shape index (κ3) is 3.43. The Morgan fingerprint density at radius 2 is 1.78 bits per heavy atom. The maximum absolute atomic E-state index is 6.23. The minimum Gasteiger partial charge on any atom is -0.302 e. The highest BCUT2D eigenvalue weighted by Gasteiger charge is 2.14. The van der Waals surface area contributed by atoms with Gasteiger partial charge < -0.3 is 4.57 Å². The molecule has 0 amide bonds. The fourth-order valence-electron chi connectivity index (χ4n) is 2.46. The molecular weight excluding hydrogens is 326 g/mol. The summed E-state index contributed by atoms with van der Waals surface area (Å²) in [5, 5.41) is 10.5. The molecule has 0 fully saturated rings. The van der Waals surface area contributed by atoms with Crippen LogP contribution < -0.4 is 0 Å². The van der Waals surface area contributed by atoms with Gasteiger partial charge in [0, 0.05) is 22.9 Å². The molecule has 1 heterocycles. The van der Waals surface area contributed by atoms with Crippen LogP contribution in [0.15, 0.2) is 53.7 Å². The Balaban J connectivity index is 1.87. The lowest BCUT2D eigenvalue weighted by atomic mass is 10.1. The number of aryl methyl sites for hydroxylation is 1. The number of aromatic nitrogens is 3. The molecule has 0 unspecified atom stereocenters. The molecule has 0 radical (unpaired) electrons. The molecule has 2 aromatic carbocycles. The van der Waals surface area contributed by atoms with Crippen LogP contribution in [-0.2, 0) is 12.3 Å². The van der Waals surface area contributed by atoms with E-state index < -0.39 is 0 Å². The number of hydrogen-bond donors (Lipinski definition) is 0. The van der Waals surface area contributed by atoms with E-state index in [2.05, 4.69) is 40.7 Å². The van der Waals surface area contributed by atoms with Gasteiger partial charge in [0.2, 0.25) is 0 Å². The van der Waals surface area contributed by atoms with Crippen molar-refractivity contribution in [2.24, 2.45) is 0 Å². The number of hydrogen-bond acceptors (Lipinski definition) is 3. The summed E-state index contributed by atoms with van der Waals surface area (Å²) in [6.07, 6.45) is 0. The van der Waals surface area contributed by atoms with Crippen LogP contribution in [0.5, 0.6) is 0 Å². The van der Waals surface area contributed by atoms with E-state index in [0.717, 1.165) is 39.4 Å². The van der Waals surface area contributed by atoms with Crippen LogP contribution in [0.2, 0.25) is 5.02 Å². The van der Waals surface area contributed by atoms with E-state index in [1.807, 2.05) is 36.4 Å². The van der Waals surface area contributed by atoms with Crippen LogP contribution in [0, 0.1) is 6.92 Å². The first-order chi connectivity index (χ1) is 11.2. The molecule has 0 aliphatic rings. The predicted octanol–water partition coefficient (Wildman–Crippen LogP) is 5.22. The minimum atomic E-state index is 0.783. The molecule has 3 rings (SSSR count). The van der Waals surface area contributed by atoms with Crippen LogP contribution in [-0.4, -0.2) is 14.8 Å². The molecule has 0 saturated heterocycles. The molecule has 118 valence electrons. The second kappa shape index (κ2) is 7.20. The number of thioether (sulfide) groups is 1. The van der Waals surface area contributed by atoms with Crippen molar-refractivity contribution in [1.82, 2.24) is 14.8 Å². The van der Waals surface area contributed by atoms with Crippen LogP contribution in [0.4, 0.5) is 0 Å². The van der Waals surface area contributed by atoms with Crippen molar-refractivity contribution in [3.05, 3.63) is 64.7 Å². The topological polar surface area (TPSA) is 30.7 Å². The quantitative estimate of drug-likeness (QED) is 0.595. The third-order valence-corrected chi connectivity index (χ3v) is 5.12. The minimum absolute atomic E-state index is 0.783. The molecule has 0 spiro atoms. The second-order valence-corrected chi connectivity index (χ2v) is 6.60. The zero-order chi connectivity index (χ0) is 16.2. The standard InChI is InChI=1S/C18H18ClN3S/c1-3-22-17(15-10-6-4-8-13(15)2)20-21-18(22)23-12-14-9-5-7-11-16(14)19/h4-11H,3,12H2,1-2H3. The Morgan fingerprint density at radius 1 is 1.04 bits per heavy atom. The summed E-state index contributed by atoms with van der Waals surface area (Å²) in [6.45, 7) is 5.05. The maximum Gasteiger partial charge on any atom is 0.191 e. The smallest absolute Gasteiger partial charge is 0.191 e. The fourth-order valence-corrected chi connectivity index (χ4v) is 3.75. The molecule has 23 heavy (non-hydrogen) atoms. The Hall–Kier alpha value is -1.78. The summed E-state index contributed by atoms with van der Waals surface area (Å²) in [5.41, 5.74) is 3.45. The lowest BCUT2D eigenvalue weighted by Gasteiger charge is -2.09. The zero-order valence-corrected chi connectivity index (χ0v) is 14.7. The number of nitrogens with zero attached hydrogens (tertiary/aromatic N) is 3. The van der Waals surface area contributed by atoms with Gasteiger partial charge in [-0.25, -0.2) is 0 Å². The maximum atomic E-state index is 6.23. The Labute approximate surface area is 145 Å². The Morgan fingerprint density at radius 3 is 2.52 bits per heavy atom. The van der Waals surface area contributed by atoms with Crippen molar-refractivity contribution in [3.63, 3.8) is 0 Å². The summed E-state index contributed by atoms with van der Waals surface area (Å²) in [4.78, 5) is 0. The molecule has 0 aliphatic carbocycles. The van der Waals surface area contributed by atoms with Crippen LogP contribution in [0.25, 0.3) is 11.4 Å². The first-order valence-electron chi connectivity index (χ1n) is 7.56. The van der Waals surface area contributed by atoms with E-state index in [1.54, 1.807) is 11.8 Å². The van der Waals surface area contributed by atoms with Crippen molar-refractivity contribution < 1.29 is 0 Å². The van der Waals surface area contributed by atoms with Gasteiger partial charge in [0.05, 0.1) is 0 Å². The monoisotopic (exact) mass is 343 g/mol. The SMILES string of the molecule is CCn1c(SCc2ccccc2Cl)nnc1-c1ccccc1C. The van der Waals surface area contributed by atoms with Gasteiger partial charge in [0.1, 0.15) is 0 Å². The Kier molecular flexibility index (Phi) is 5.03. The van der Waals surface area contributed by atoms with E-state index in [-0.39, 0.29) is 0 Å². The lowest BCUT2D eigenvalue weighted by Crippen LogP contribution is -2.00. The number of halogens is 1. The zero-order valence-electron chi connectivity index (χ0n) is 13.2. The average molecular weight is 344 g/mol. The second-order valence-electron chi connectivity index (χ2n) is 5.25. The van der Waals surface area contributed by atoms with E-state index >= 15 is 0 Å². The van der Waals surface area contributed by atoms with Gasteiger partial charge in [0.15, 0.2) is 11.0 Å². The molecule has 0 aliphatic heterocycles. The molecule has 3 aromatic rings. The van der Waals surface area contributed by atoms with E-state index in [9.17, 15) is 0 Å². The predicted molar refractivity (Wildman–Crippen MR) is 96.9 cm³/mol. The van der Waals surface area contributed by atoms with Crippen LogP contribution in [0.1, 0.15) is 18.1 Å². The number of benzene rings is 2. The highest BCUT2D eigenvalue weighted by molar-refractivity contribution is 7.98. The van der Waals surface area contributed by atoms with Crippen molar-refractivity contribution in [1.29, 1.82) is 0 Å². The highest BCUT2D eigenvalue weighted by atomic mass is 35.5. The summed E-state index contributed by atoms with van der Waals surface area (Å²) in [6, 6.07) is 16.2. The summed E-state index contributed by atoms with van der Waals surface area (Å²) in [5.74, 6) is 1.71. The fraction of sp³-hybridized carbons (Fsp3) is 0.222. The molecule has 3 nitrogen and oxygen atoms in total. The van der Waals surface area contributed by atoms with Gasteiger partial charge in [-0.05, 0) is 31.0 Å². The third-order valence-electron chi connectivity index (χ3n) is 3.73. The van der Waals surface area contributed by atoms with Crippen molar-refractivity contribution >= 4 is 23.4 Å². The van der Waals surface area contributed by atoms with E-state index in [4.69, 9.17) is 11.6 Å². The summed E-state index contributed by atoms with van der Waals surface area (Å²) >= 11 is 7.90. The molecular formula is C18H18ClN3S. The number of rotatable bonds is 5. The van der Waals surface area contributed by atoms with Crippen LogP contribution >= 0.6 is 23.4 Å². The van der Waals surface area contributed by atoms with Crippen molar-refractivity contribution in [2.45, 2.75) is 31.3 Å². The molecule has 5 heteroatoms. The van der Waals surface area contributed by atoms with Gasteiger partial charge in [-0.2, -0.15) is 0 Å². The van der Waals surface area contributed by atoms with E-state index in [1.165, 1.54) is 5.56 Å². The van der Waals surface area contributed by atoms with Gasteiger partial charge in [-0.3, -0.25) is 0 Å². The molecule has 1 aromatic heterocycles. The normalized spacial score (nSPS) is 10.9. The van der Waals surface area contributed by atoms with Gasteiger partial charge in [-0.15, -0.1) is 10.2 Å². The van der Waals surface area contributed by atoms with Gasteiger partial charge in [-0.1, -0.05) is 65.8 Å². The molecule has 0 N–H and O–H groups in total. The van der Waals surface area contributed by atoms with Crippen molar-refractivity contribution in [2.75, 3.05) is 0 Å². The molecule has 0 atom stereocenters. The van der Waals surface area contributed by atoms with E-state index in [0.29, 0.717) is 0 Å². The summed E-state index contributed by atoms with van der Waals surface area (Å²) < 4.78 is 2.16. The van der Waals surface area contributed by atoms with Gasteiger partial charge in [0.25, 0.3) is 0 Å². The largest absolute Gasteiger partial charge is 0.302 e. The summed E-state index contributed by atoms with van der Waals surface area (Å²) in [7, 11) is 0. The Bertz CT molecular complexity index is 814.